The van der Waals surface area contributed by atoms with Crippen molar-refractivity contribution in [3.63, 3.8) is 0 Å². The minimum Gasteiger partial charge on any atom is -0.457 e. The quantitative estimate of drug-likeness (QED) is 0.294. The van der Waals surface area contributed by atoms with Gasteiger partial charge in [-0.3, -0.25) is 14.7 Å². The average molecular weight is 533 g/mol. The monoisotopic (exact) mass is 532 g/mol. The van der Waals surface area contributed by atoms with Crippen molar-refractivity contribution in [1.29, 1.82) is 0 Å². The van der Waals surface area contributed by atoms with Crippen molar-refractivity contribution in [1.82, 2.24) is 24.8 Å². The molecule has 208 valence electrons. The Hall–Kier alpha value is -3.95. The lowest BCUT2D eigenvalue weighted by Crippen LogP contribution is -2.41. The maximum Gasteiger partial charge on any atom is 0.270 e. The standard InChI is InChI=1S/C30H36N6O3.2H2/c1-20(2)25-17-22(6-5-21(25)3)33-30-34-26-18-23(7-8-28(26)35(30)4)39-24-9-10-31-27(19-24)29(37)32-11-12-36-13-15-38-16-14-36;;/h5-10,17-20H,11-16H2,1-4H3,(H,32,37)(H,33,34);2*1H. The molecule has 9 heteroatoms. The van der Waals surface area contributed by atoms with Gasteiger partial charge >= 0.3 is 0 Å². The van der Waals surface area contributed by atoms with Gasteiger partial charge in [-0.1, -0.05) is 19.9 Å². The van der Waals surface area contributed by atoms with E-state index in [9.17, 15) is 4.79 Å². The number of morpholine rings is 1. The zero-order valence-corrected chi connectivity index (χ0v) is 23.0. The van der Waals surface area contributed by atoms with Crippen LogP contribution in [-0.4, -0.2) is 64.7 Å². The van der Waals surface area contributed by atoms with E-state index in [1.807, 2.05) is 29.8 Å². The summed E-state index contributed by atoms with van der Waals surface area (Å²) in [6.45, 7) is 11.1. The molecule has 0 radical (unpaired) electrons. The van der Waals surface area contributed by atoms with E-state index in [0.29, 0.717) is 29.7 Å². The Balaban J connectivity index is 0.00000231. The summed E-state index contributed by atoms with van der Waals surface area (Å²) in [4.78, 5) is 23.9. The molecule has 2 aromatic heterocycles. The van der Waals surface area contributed by atoms with Crippen LogP contribution >= 0.6 is 0 Å². The molecule has 5 rings (SSSR count). The molecule has 1 fully saturated rings. The number of hydrogen-bond donors (Lipinski definition) is 2. The van der Waals surface area contributed by atoms with Gasteiger partial charge in [-0.2, -0.15) is 0 Å². The van der Waals surface area contributed by atoms with Gasteiger partial charge in [0.2, 0.25) is 5.95 Å². The Kier molecular flexibility index (Phi) is 8.09. The van der Waals surface area contributed by atoms with Crippen LogP contribution in [0.5, 0.6) is 11.5 Å². The number of anilines is 2. The first-order valence-corrected chi connectivity index (χ1v) is 13.4. The smallest absolute Gasteiger partial charge is 0.270 e. The SMILES string of the molecule is Cc1ccc(Nc2nc3cc(Oc4ccnc(C(=O)NCCN5CCOCC5)c4)ccc3n2C)cc1C(C)C.[HH].[HH]. The summed E-state index contributed by atoms with van der Waals surface area (Å²) >= 11 is 0. The van der Waals surface area contributed by atoms with Crippen molar-refractivity contribution in [3.05, 3.63) is 71.5 Å². The molecule has 0 unspecified atom stereocenters. The number of aryl methyl sites for hydroxylation is 2. The van der Waals surface area contributed by atoms with Crippen LogP contribution in [0.1, 0.15) is 44.2 Å². The molecule has 1 saturated heterocycles. The topological polar surface area (TPSA) is 93.5 Å². The average Bonchev–Trinajstić information content (AvgIpc) is 3.24. The summed E-state index contributed by atoms with van der Waals surface area (Å²) in [6, 6.07) is 15.6. The Bertz CT molecular complexity index is 1470. The van der Waals surface area contributed by atoms with Crippen molar-refractivity contribution in [2.75, 3.05) is 44.7 Å². The largest absolute Gasteiger partial charge is 0.457 e. The highest BCUT2D eigenvalue weighted by Crippen LogP contribution is 2.29. The highest BCUT2D eigenvalue weighted by molar-refractivity contribution is 5.92. The molecule has 0 bridgehead atoms. The zero-order chi connectivity index (χ0) is 27.4. The molecule has 1 amide bonds. The van der Waals surface area contributed by atoms with Gasteiger partial charge < -0.3 is 24.7 Å². The molecule has 0 atom stereocenters. The number of fused-ring (bicyclic) bond motifs is 1. The van der Waals surface area contributed by atoms with Gasteiger partial charge in [0.15, 0.2) is 0 Å². The number of aromatic nitrogens is 3. The second kappa shape index (κ2) is 11.8. The van der Waals surface area contributed by atoms with Gasteiger partial charge in [0.25, 0.3) is 5.91 Å². The molecule has 9 nitrogen and oxygen atoms in total. The van der Waals surface area contributed by atoms with E-state index < -0.39 is 0 Å². The van der Waals surface area contributed by atoms with Gasteiger partial charge in [0.1, 0.15) is 17.2 Å². The lowest BCUT2D eigenvalue weighted by molar-refractivity contribution is 0.0383. The van der Waals surface area contributed by atoms with E-state index in [1.165, 1.54) is 11.1 Å². The van der Waals surface area contributed by atoms with E-state index in [4.69, 9.17) is 14.5 Å². The van der Waals surface area contributed by atoms with Gasteiger partial charge in [0, 0.05) is 60.1 Å². The number of carbonyl (C=O) groups excluding carboxylic acids is 1. The number of nitrogens with zero attached hydrogens (tertiary/aromatic N) is 4. The number of imidazole rings is 1. The van der Waals surface area contributed by atoms with Crippen LogP contribution < -0.4 is 15.4 Å². The molecule has 1 aliphatic rings. The molecule has 0 saturated carbocycles. The second-order valence-electron chi connectivity index (χ2n) is 10.2. The number of ether oxygens (including phenoxy) is 2. The van der Waals surface area contributed by atoms with Crippen molar-refractivity contribution < 1.29 is 17.1 Å². The molecule has 2 N–H and O–H groups in total. The Labute approximate surface area is 232 Å². The molecule has 2 aromatic carbocycles. The predicted octanol–water partition coefficient (Wildman–Crippen LogP) is 5.49. The van der Waals surface area contributed by atoms with Crippen LogP contribution in [-0.2, 0) is 11.8 Å². The van der Waals surface area contributed by atoms with Gasteiger partial charge in [-0.15, -0.1) is 0 Å². The predicted molar refractivity (Wildman–Crippen MR) is 157 cm³/mol. The third-order valence-electron chi connectivity index (χ3n) is 7.03. The maximum absolute atomic E-state index is 12.6. The van der Waals surface area contributed by atoms with Gasteiger partial charge in [-0.25, -0.2) is 4.98 Å². The Morgan fingerprint density at radius 1 is 1.10 bits per heavy atom. The Morgan fingerprint density at radius 3 is 2.69 bits per heavy atom. The van der Waals surface area contributed by atoms with E-state index >= 15 is 0 Å². The molecule has 0 aliphatic carbocycles. The second-order valence-corrected chi connectivity index (χ2v) is 10.2. The van der Waals surface area contributed by atoms with Crippen LogP contribution in [0.2, 0.25) is 0 Å². The summed E-state index contributed by atoms with van der Waals surface area (Å²) < 4.78 is 13.5. The number of nitrogens with one attached hydrogen (secondary N) is 2. The normalized spacial score (nSPS) is 14.1. The summed E-state index contributed by atoms with van der Waals surface area (Å²) in [5, 5.41) is 6.40. The Morgan fingerprint density at radius 2 is 1.90 bits per heavy atom. The summed E-state index contributed by atoms with van der Waals surface area (Å²) in [5.41, 5.74) is 5.72. The summed E-state index contributed by atoms with van der Waals surface area (Å²) in [5.74, 6) is 2.15. The van der Waals surface area contributed by atoms with E-state index in [-0.39, 0.29) is 8.76 Å². The number of carbonyl (C=O) groups is 1. The number of amides is 1. The van der Waals surface area contributed by atoms with Crippen LogP contribution in [0.15, 0.2) is 54.7 Å². The third-order valence-corrected chi connectivity index (χ3v) is 7.03. The molecule has 3 heterocycles. The highest BCUT2D eigenvalue weighted by atomic mass is 16.5. The molecular weight excluding hydrogens is 492 g/mol. The minimum absolute atomic E-state index is 0. The zero-order valence-electron chi connectivity index (χ0n) is 23.0. The van der Waals surface area contributed by atoms with Crippen LogP contribution in [0.3, 0.4) is 0 Å². The highest BCUT2D eigenvalue weighted by Gasteiger charge is 2.14. The van der Waals surface area contributed by atoms with Crippen LogP contribution in [0.25, 0.3) is 11.0 Å². The van der Waals surface area contributed by atoms with E-state index in [0.717, 1.165) is 55.5 Å². The lowest BCUT2D eigenvalue weighted by Gasteiger charge is -2.26. The minimum atomic E-state index is -0.221. The van der Waals surface area contributed by atoms with Crippen molar-refractivity contribution in [2.45, 2.75) is 26.7 Å². The molecule has 1 aliphatic heterocycles. The fraction of sp³-hybridized carbons (Fsp3) is 0.367. The van der Waals surface area contributed by atoms with E-state index in [1.54, 1.807) is 18.3 Å². The van der Waals surface area contributed by atoms with Crippen molar-refractivity contribution in [3.8, 4) is 11.5 Å². The first kappa shape index (κ1) is 26.6. The summed E-state index contributed by atoms with van der Waals surface area (Å²) in [7, 11) is 1.99. The van der Waals surface area contributed by atoms with Gasteiger partial charge in [0.05, 0.1) is 24.2 Å². The molecule has 0 spiro atoms. The number of benzene rings is 2. The van der Waals surface area contributed by atoms with E-state index in [2.05, 4.69) is 59.5 Å². The maximum atomic E-state index is 12.6. The molecule has 4 aromatic rings. The van der Waals surface area contributed by atoms with Crippen LogP contribution in [0.4, 0.5) is 11.6 Å². The number of rotatable bonds is 9. The summed E-state index contributed by atoms with van der Waals surface area (Å²) in [6.07, 6.45) is 1.58. The van der Waals surface area contributed by atoms with Gasteiger partial charge in [-0.05, 0) is 54.3 Å². The van der Waals surface area contributed by atoms with Crippen molar-refractivity contribution >= 4 is 28.6 Å². The first-order valence-electron chi connectivity index (χ1n) is 13.4. The van der Waals surface area contributed by atoms with Crippen LogP contribution in [0, 0.1) is 6.92 Å². The first-order chi connectivity index (χ1) is 18.9. The number of pyridine rings is 1. The molecular formula is C30H40N6O3. The fourth-order valence-electron chi connectivity index (χ4n) is 4.80. The lowest BCUT2D eigenvalue weighted by atomic mass is 9.97. The third kappa shape index (κ3) is 6.38. The van der Waals surface area contributed by atoms with Crippen molar-refractivity contribution in [2.24, 2.45) is 7.05 Å². The number of hydrogen-bond acceptors (Lipinski definition) is 7. The molecule has 39 heavy (non-hydrogen) atoms. The fourth-order valence-corrected chi connectivity index (χ4v) is 4.80.